The molecule has 110 valence electrons. The minimum absolute atomic E-state index is 0.0591. The van der Waals surface area contributed by atoms with Crippen LogP contribution in [-0.2, 0) is 20.4 Å². The van der Waals surface area contributed by atoms with E-state index in [2.05, 4.69) is 5.32 Å². The predicted molar refractivity (Wildman–Crippen MR) is 72.6 cm³/mol. The van der Waals surface area contributed by atoms with Crippen LogP contribution in [0.25, 0.3) is 0 Å². The molecule has 0 heterocycles. The van der Waals surface area contributed by atoms with Crippen LogP contribution in [0, 0.1) is 0 Å². The van der Waals surface area contributed by atoms with Crippen molar-refractivity contribution in [2.75, 3.05) is 6.26 Å². The van der Waals surface area contributed by atoms with Crippen molar-refractivity contribution < 1.29 is 23.1 Å². The highest BCUT2D eigenvalue weighted by molar-refractivity contribution is 7.89. The largest absolute Gasteiger partial charge is 0.479 e. The number of urea groups is 1. The number of sulfonamides is 1. The van der Waals surface area contributed by atoms with E-state index in [4.69, 9.17) is 0 Å². The Bertz CT molecular complexity index is 600. The standard InChI is InChI=1S/C12H16N2O5S/c1-3-12(10(15)16,9-7-5-4-6-8-9)13-11(17)14-20(2,18)19/h4-8H,3H2,1-2H3,(H,15,16)(H2,13,14,17). The number of aliphatic carboxylic acids is 1. The van der Waals surface area contributed by atoms with Crippen molar-refractivity contribution in [2.45, 2.75) is 18.9 Å². The molecule has 1 aromatic rings. The monoisotopic (exact) mass is 300 g/mol. The minimum atomic E-state index is -3.77. The van der Waals surface area contributed by atoms with Crippen molar-refractivity contribution in [3.8, 4) is 0 Å². The van der Waals surface area contributed by atoms with E-state index < -0.39 is 27.6 Å². The molecule has 0 aliphatic carbocycles. The molecule has 1 aromatic carbocycles. The highest BCUT2D eigenvalue weighted by Crippen LogP contribution is 2.25. The molecule has 0 aromatic heterocycles. The first kappa shape index (κ1) is 16.0. The first-order valence-corrected chi connectivity index (χ1v) is 7.69. The van der Waals surface area contributed by atoms with Crippen LogP contribution in [-0.4, -0.2) is 31.8 Å². The molecule has 8 heteroatoms. The van der Waals surface area contributed by atoms with Crippen molar-refractivity contribution in [3.05, 3.63) is 35.9 Å². The second-order valence-electron chi connectivity index (χ2n) is 4.26. The van der Waals surface area contributed by atoms with Crippen molar-refractivity contribution in [1.29, 1.82) is 0 Å². The summed E-state index contributed by atoms with van der Waals surface area (Å²) < 4.78 is 23.7. The van der Waals surface area contributed by atoms with Gasteiger partial charge >= 0.3 is 12.0 Å². The molecule has 0 saturated carbocycles. The molecule has 7 nitrogen and oxygen atoms in total. The SMILES string of the molecule is CCC(NC(=O)NS(C)(=O)=O)(C(=O)O)c1ccccc1. The number of carboxylic acid groups (broad SMARTS) is 1. The molecule has 0 aliphatic heterocycles. The highest BCUT2D eigenvalue weighted by Gasteiger charge is 2.40. The average Bonchev–Trinajstić information content (AvgIpc) is 2.34. The van der Waals surface area contributed by atoms with Gasteiger partial charge in [-0.05, 0) is 12.0 Å². The first-order chi connectivity index (χ1) is 9.21. The Morgan fingerprint density at radius 1 is 1.25 bits per heavy atom. The highest BCUT2D eigenvalue weighted by atomic mass is 32.2. The van der Waals surface area contributed by atoms with E-state index in [1.54, 1.807) is 42.0 Å². The van der Waals surface area contributed by atoms with Crippen molar-refractivity contribution in [2.24, 2.45) is 0 Å². The summed E-state index contributed by atoms with van der Waals surface area (Å²) in [4.78, 5) is 23.2. The Morgan fingerprint density at radius 2 is 1.80 bits per heavy atom. The number of carboxylic acids is 1. The maximum absolute atomic E-state index is 11.6. The topological polar surface area (TPSA) is 113 Å². The van der Waals surface area contributed by atoms with Gasteiger partial charge < -0.3 is 10.4 Å². The third-order valence-electron chi connectivity index (χ3n) is 2.77. The van der Waals surface area contributed by atoms with E-state index in [9.17, 15) is 23.1 Å². The van der Waals surface area contributed by atoms with Gasteiger partial charge in [-0.25, -0.2) is 22.7 Å². The summed E-state index contributed by atoms with van der Waals surface area (Å²) in [6, 6.07) is 7.01. The molecule has 0 aliphatic rings. The smallest absolute Gasteiger partial charge is 0.334 e. The molecule has 0 bridgehead atoms. The van der Waals surface area contributed by atoms with Crippen molar-refractivity contribution in [1.82, 2.24) is 10.0 Å². The number of hydrogen-bond donors (Lipinski definition) is 3. The second kappa shape index (κ2) is 5.91. The maximum Gasteiger partial charge on any atom is 0.334 e. The second-order valence-corrected chi connectivity index (χ2v) is 6.01. The summed E-state index contributed by atoms with van der Waals surface area (Å²) in [7, 11) is -3.77. The van der Waals surface area contributed by atoms with Gasteiger partial charge in [0.1, 0.15) is 0 Å². The Labute approximate surface area is 117 Å². The van der Waals surface area contributed by atoms with Gasteiger partial charge in [0.2, 0.25) is 10.0 Å². The average molecular weight is 300 g/mol. The fourth-order valence-corrected chi connectivity index (χ4v) is 2.19. The Balaban J connectivity index is 3.14. The van der Waals surface area contributed by atoms with Gasteiger partial charge in [0.15, 0.2) is 5.54 Å². The van der Waals surface area contributed by atoms with Gasteiger partial charge in [-0.15, -0.1) is 0 Å². The molecule has 1 unspecified atom stereocenters. The van der Waals surface area contributed by atoms with E-state index in [0.717, 1.165) is 6.26 Å². The Hall–Kier alpha value is -2.09. The van der Waals surface area contributed by atoms with Gasteiger partial charge in [-0.3, -0.25) is 0 Å². The van der Waals surface area contributed by atoms with E-state index in [0.29, 0.717) is 5.56 Å². The number of benzene rings is 1. The zero-order valence-corrected chi connectivity index (χ0v) is 11.9. The van der Waals surface area contributed by atoms with Gasteiger partial charge in [-0.1, -0.05) is 37.3 Å². The van der Waals surface area contributed by atoms with Crippen LogP contribution in [0.3, 0.4) is 0 Å². The summed E-state index contributed by atoms with van der Waals surface area (Å²) >= 11 is 0. The predicted octanol–water partition coefficient (Wildman–Crippen LogP) is 0.635. The van der Waals surface area contributed by atoms with Crippen LogP contribution in [0.15, 0.2) is 30.3 Å². The summed E-state index contributed by atoms with van der Waals surface area (Å²) in [5.74, 6) is -1.27. The van der Waals surface area contributed by atoms with E-state index in [-0.39, 0.29) is 6.42 Å². The molecule has 1 rings (SSSR count). The molecule has 0 saturated heterocycles. The van der Waals surface area contributed by atoms with Crippen molar-refractivity contribution in [3.63, 3.8) is 0 Å². The lowest BCUT2D eigenvalue weighted by molar-refractivity contribution is -0.145. The number of hydrogen-bond acceptors (Lipinski definition) is 4. The van der Waals surface area contributed by atoms with Crippen LogP contribution in [0.5, 0.6) is 0 Å². The van der Waals surface area contributed by atoms with Gasteiger partial charge in [-0.2, -0.15) is 0 Å². The minimum Gasteiger partial charge on any atom is -0.479 e. The molecule has 0 fully saturated rings. The summed E-state index contributed by atoms with van der Waals surface area (Å²) in [6.07, 6.45) is 0.868. The molecule has 1 atom stereocenters. The fourth-order valence-electron chi connectivity index (χ4n) is 1.80. The lowest BCUT2D eigenvalue weighted by Gasteiger charge is -2.29. The maximum atomic E-state index is 11.6. The summed E-state index contributed by atoms with van der Waals surface area (Å²) in [5.41, 5.74) is -1.32. The molecule has 20 heavy (non-hydrogen) atoms. The van der Waals surface area contributed by atoms with Gasteiger partial charge in [0.25, 0.3) is 0 Å². The normalized spacial score (nSPS) is 14.1. The molecule has 2 amide bonds. The fraction of sp³-hybridized carbons (Fsp3) is 0.333. The van der Waals surface area contributed by atoms with E-state index in [1.807, 2.05) is 0 Å². The third-order valence-corrected chi connectivity index (χ3v) is 3.32. The van der Waals surface area contributed by atoms with Crippen LogP contribution >= 0.6 is 0 Å². The first-order valence-electron chi connectivity index (χ1n) is 5.80. The van der Waals surface area contributed by atoms with Crippen LogP contribution in [0.4, 0.5) is 4.79 Å². The number of nitrogens with one attached hydrogen (secondary N) is 2. The zero-order valence-electron chi connectivity index (χ0n) is 11.1. The van der Waals surface area contributed by atoms with Crippen LogP contribution in [0.1, 0.15) is 18.9 Å². The van der Waals surface area contributed by atoms with Crippen molar-refractivity contribution >= 4 is 22.0 Å². The number of carbonyl (C=O) groups excluding carboxylic acids is 1. The van der Waals surface area contributed by atoms with E-state index >= 15 is 0 Å². The molecular weight excluding hydrogens is 284 g/mol. The van der Waals surface area contributed by atoms with Gasteiger partial charge in [0.05, 0.1) is 6.26 Å². The van der Waals surface area contributed by atoms with Crippen LogP contribution < -0.4 is 10.0 Å². The molecule has 0 spiro atoms. The summed E-state index contributed by atoms with van der Waals surface area (Å²) in [5, 5.41) is 11.7. The molecule has 3 N–H and O–H groups in total. The molecular formula is C12H16N2O5S. The number of rotatable bonds is 5. The third kappa shape index (κ3) is 3.70. The van der Waals surface area contributed by atoms with Crippen LogP contribution in [0.2, 0.25) is 0 Å². The number of carbonyl (C=O) groups is 2. The lowest BCUT2D eigenvalue weighted by atomic mass is 9.87. The number of amides is 2. The molecule has 0 radical (unpaired) electrons. The zero-order chi connectivity index (χ0) is 15.4. The quantitative estimate of drug-likeness (QED) is 0.738. The lowest BCUT2D eigenvalue weighted by Crippen LogP contribution is -2.55. The summed E-state index contributed by atoms with van der Waals surface area (Å²) in [6.45, 7) is 1.59. The Morgan fingerprint density at radius 3 is 2.20 bits per heavy atom. The van der Waals surface area contributed by atoms with E-state index in [1.165, 1.54) is 0 Å². The Kier molecular flexibility index (Phi) is 4.72. The van der Waals surface area contributed by atoms with Gasteiger partial charge in [0, 0.05) is 0 Å².